The molecule has 1 aromatic carbocycles. The van der Waals surface area contributed by atoms with E-state index in [1.165, 1.54) is 6.07 Å². The number of piperidine rings is 1. The molecule has 0 aromatic heterocycles. The Morgan fingerprint density at radius 2 is 1.90 bits per heavy atom. The average molecular weight is 283 g/mol. The first kappa shape index (κ1) is 15.4. The van der Waals surface area contributed by atoms with Crippen molar-refractivity contribution in [1.29, 1.82) is 0 Å². The van der Waals surface area contributed by atoms with E-state index in [4.69, 9.17) is 0 Å². The Morgan fingerprint density at radius 3 is 2.50 bits per heavy atom. The van der Waals surface area contributed by atoms with Gasteiger partial charge in [-0.3, -0.25) is 0 Å². The summed E-state index contributed by atoms with van der Waals surface area (Å²) < 4.78 is 26.9. The number of likely N-dealkylation sites (tertiary alicyclic amines) is 1. The van der Waals surface area contributed by atoms with Crippen LogP contribution in [-0.4, -0.2) is 35.2 Å². The molecule has 4 heteroatoms. The number of nitrogens with zero attached hydrogens (tertiary/aromatic N) is 1. The van der Waals surface area contributed by atoms with Crippen molar-refractivity contribution in [3.05, 3.63) is 35.4 Å². The molecule has 1 aromatic rings. The molecule has 0 bridgehead atoms. The Kier molecular flexibility index (Phi) is 4.76. The van der Waals surface area contributed by atoms with Crippen LogP contribution in [0.3, 0.4) is 0 Å². The van der Waals surface area contributed by atoms with Crippen molar-refractivity contribution >= 4 is 0 Å². The number of rotatable bonds is 4. The van der Waals surface area contributed by atoms with Crippen LogP contribution in [0.15, 0.2) is 18.2 Å². The van der Waals surface area contributed by atoms with Crippen LogP contribution in [0.4, 0.5) is 8.78 Å². The zero-order chi connectivity index (χ0) is 14.8. The van der Waals surface area contributed by atoms with E-state index < -0.39 is 17.2 Å². The molecule has 112 valence electrons. The molecule has 1 saturated heterocycles. The molecule has 0 amide bonds. The van der Waals surface area contributed by atoms with Gasteiger partial charge in [0.05, 0.1) is 5.60 Å². The maximum Gasteiger partial charge on any atom is 0.162 e. The minimum atomic E-state index is -0.915. The number of hydrogen-bond donors (Lipinski definition) is 1. The Balaban J connectivity index is 1.98. The minimum Gasteiger partial charge on any atom is -0.389 e. The summed E-state index contributed by atoms with van der Waals surface area (Å²) in [6.07, 6.45) is 1.40. The van der Waals surface area contributed by atoms with Crippen LogP contribution in [0, 0.1) is 17.6 Å². The summed E-state index contributed by atoms with van der Waals surface area (Å²) in [5.41, 5.74) is -0.646. The highest BCUT2D eigenvalue weighted by Gasteiger charge is 2.33. The first-order valence-corrected chi connectivity index (χ1v) is 7.27. The van der Waals surface area contributed by atoms with Gasteiger partial charge in [-0.2, -0.15) is 0 Å². The van der Waals surface area contributed by atoms with E-state index in [2.05, 4.69) is 18.7 Å². The van der Waals surface area contributed by atoms with Gasteiger partial charge in [0, 0.05) is 26.1 Å². The number of aliphatic hydroxyl groups is 1. The van der Waals surface area contributed by atoms with Crippen molar-refractivity contribution in [3.63, 3.8) is 0 Å². The summed E-state index contributed by atoms with van der Waals surface area (Å²) in [6, 6.07) is 4.15. The highest BCUT2D eigenvalue weighted by Crippen LogP contribution is 2.28. The van der Waals surface area contributed by atoms with Gasteiger partial charge in [-0.25, -0.2) is 8.78 Å². The third kappa shape index (κ3) is 3.76. The fourth-order valence-electron chi connectivity index (χ4n) is 2.88. The van der Waals surface area contributed by atoms with E-state index in [9.17, 15) is 13.9 Å². The van der Waals surface area contributed by atoms with E-state index >= 15 is 0 Å². The molecule has 1 N–H and O–H groups in total. The smallest absolute Gasteiger partial charge is 0.162 e. The molecular formula is C16H23F2NO. The quantitative estimate of drug-likeness (QED) is 0.918. The Morgan fingerprint density at radius 1 is 1.25 bits per heavy atom. The Labute approximate surface area is 119 Å². The highest BCUT2D eigenvalue weighted by molar-refractivity contribution is 5.21. The third-order valence-corrected chi connectivity index (χ3v) is 3.96. The molecule has 1 aliphatic heterocycles. The second-order valence-electron chi connectivity index (χ2n) is 6.31. The van der Waals surface area contributed by atoms with E-state index in [1.807, 2.05) is 0 Å². The number of halogens is 2. The number of benzene rings is 1. The highest BCUT2D eigenvalue weighted by atomic mass is 19.2. The zero-order valence-corrected chi connectivity index (χ0v) is 12.2. The second-order valence-corrected chi connectivity index (χ2v) is 6.31. The van der Waals surface area contributed by atoms with Crippen LogP contribution in [0.2, 0.25) is 0 Å². The minimum absolute atomic E-state index is 0.187. The van der Waals surface area contributed by atoms with E-state index in [1.54, 1.807) is 6.07 Å². The lowest BCUT2D eigenvalue weighted by Crippen LogP contribution is -2.46. The Bertz CT molecular complexity index is 454. The summed E-state index contributed by atoms with van der Waals surface area (Å²) >= 11 is 0. The van der Waals surface area contributed by atoms with Crippen LogP contribution >= 0.6 is 0 Å². The topological polar surface area (TPSA) is 23.5 Å². The van der Waals surface area contributed by atoms with Crippen molar-refractivity contribution in [3.8, 4) is 0 Å². The third-order valence-electron chi connectivity index (χ3n) is 3.96. The van der Waals surface area contributed by atoms with Crippen molar-refractivity contribution in [2.75, 3.05) is 19.6 Å². The summed E-state index contributed by atoms with van der Waals surface area (Å²) in [4.78, 5) is 2.32. The van der Waals surface area contributed by atoms with Crippen molar-refractivity contribution < 1.29 is 13.9 Å². The largest absolute Gasteiger partial charge is 0.389 e. The van der Waals surface area contributed by atoms with Crippen molar-refractivity contribution in [1.82, 2.24) is 4.90 Å². The zero-order valence-electron chi connectivity index (χ0n) is 12.2. The SMILES string of the molecule is CC(C)CN1CCC(O)(Cc2cccc(F)c2F)CC1. The summed E-state index contributed by atoms with van der Waals surface area (Å²) in [5, 5.41) is 10.6. The Hall–Kier alpha value is -1.00. The average Bonchev–Trinajstić information content (AvgIpc) is 2.38. The maximum absolute atomic E-state index is 13.7. The molecule has 1 aliphatic rings. The molecule has 2 nitrogen and oxygen atoms in total. The first-order chi connectivity index (χ1) is 9.39. The van der Waals surface area contributed by atoms with Crippen LogP contribution in [0.5, 0.6) is 0 Å². The lowest BCUT2D eigenvalue weighted by Gasteiger charge is -2.39. The maximum atomic E-state index is 13.7. The van der Waals surface area contributed by atoms with Crippen molar-refractivity contribution in [2.24, 2.45) is 5.92 Å². The second kappa shape index (κ2) is 6.19. The van der Waals surface area contributed by atoms with Crippen LogP contribution in [0.25, 0.3) is 0 Å². The molecule has 0 unspecified atom stereocenters. The van der Waals surface area contributed by atoms with Crippen LogP contribution in [0.1, 0.15) is 32.3 Å². The van der Waals surface area contributed by atoms with Gasteiger partial charge in [0.1, 0.15) is 0 Å². The molecule has 0 saturated carbocycles. The molecule has 0 atom stereocenters. The molecule has 1 fully saturated rings. The molecule has 20 heavy (non-hydrogen) atoms. The van der Waals surface area contributed by atoms with E-state index in [0.29, 0.717) is 18.8 Å². The predicted octanol–water partition coefficient (Wildman–Crippen LogP) is 2.99. The fraction of sp³-hybridized carbons (Fsp3) is 0.625. The molecular weight excluding hydrogens is 260 g/mol. The van der Waals surface area contributed by atoms with Crippen molar-refractivity contribution in [2.45, 2.75) is 38.7 Å². The fourth-order valence-corrected chi connectivity index (χ4v) is 2.88. The van der Waals surface area contributed by atoms with Gasteiger partial charge >= 0.3 is 0 Å². The van der Waals surface area contributed by atoms with Gasteiger partial charge in [0.25, 0.3) is 0 Å². The molecule has 1 heterocycles. The normalized spacial score (nSPS) is 19.5. The summed E-state index contributed by atoms with van der Waals surface area (Å²) in [5.74, 6) is -1.07. The molecule has 0 spiro atoms. The van der Waals surface area contributed by atoms with Crippen LogP contribution in [-0.2, 0) is 6.42 Å². The van der Waals surface area contributed by atoms with Gasteiger partial charge in [-0.15, -0.1) is 0 Å². The van der Waals surface area contributed by atoms with E-state index in [0.717, 1.165) is 25.7 Å². The molecule has 0 aliphatic carbocycles. The van der Waals surface area contributed by atoms with Gasteiger partial charge in [-0.05, 0) is 30.4 Å². The van der Waals surface area contributed by atoms with Gasteiger partial charge in [-0.1, -0.05) is 26.0 Å². The molecule has 0 radical (unpaired) electrons. The first-order valence-electron chi connectivity index (χ1n) is 7.27. The lowest BCUT2D eigenvalue weighted by atomic mass is 9.85. The van der Waals surface area contributed by atoms with Gasteiger partial charge in [0.15, 0.2) is 11.6 Å². The monoisotopic (exact) mass is 283 g/mol. The number of hydrogen-bond acceptors (Lipinski definition) is 2. The molecule has 2 rings (SSSR count). The summed E-state index contributed by atoms with van der Waals surface area (Å²) in [7, 11) is 0. The van der Waals surface area contributed by atoms with E-state index in [-0.39, 0.29) is 12.0 Å². The lowest BCUT2D eigenvalue weighted by molar-refractivity contribution is -0.0233. The van der Waals surface area contributed by atoms with Gasteiger partial charge in [0.2, 0.25) is 0 Å². The van der Waals surface area contributed by atoms with Crippen LogP contribution < -0.4 is 0 Å². The standard InChI is InChI=1S/C16H23F2NO/c1-12(2)11-19-8-6-16(20,7-9-19)10-13-4-3-5-14(17)15(13)18/h3-5,12,20H,6-11H2,1-2H3. The van der Waals surface area contributed by atoms with Gasteiger partial charge < -0.3 is 10.0 Å². The predicted molar refractivity (Wildman–Crippen MR) is 75.5 cm³/mol. The summed E-state index contributed by atoms with van der Waals surface area (Å²) in [6.45, 7) is 6.98.